The number of rotatable bonds is 4. The van der Waals surface area contributed by atoms with Crippen molar-refractivity contribution < 1.29 is 22.8 Å². The van der Waals surface area contributed by atoms with E-state index in [4.69, 9.17) is 0 Å². The molecule has 0 fully saturated rings. The molecule has 0 atom stereocenters. The number of hydrogen-bond acceptors (Lipinski definition) is 2. The molecule has 0 aliphatic carbocycles. The second-order valence-corrected chi connectivity index (χ2v) is 5.63. The lowest BCUT2D eigenvalue weighted by atomic mass is 10.1. The zero-order valence-corrected chi connectivity index (χ0v) is 13.7. The summed E-state index contributed by atoms with van der Waals surface area (Å²) in [5.74, 6) is -1.42. The summed E-state index contributed by atoms with van der Waals surface area (Å²) in [6, 6.07) is 10.1. The summed E-state index contributed by atoms with van der Waals surface area (Å²) in [5, 5.41) is 4.73. The highest BCUT2D eigenvalue weighted by molar-refractivity contribution is 6.08. The monoisotopic (exact) mass is 350 g/mol. The molecular weight excluding hydrogens is 333 g/mol. The Morgan fingerprint density at radius 3 is 2.16 bits per heavy atom. The van der Waals surface area contributed by atoms with Crippen LogP contribution >= 0.6 is 0 Å². The van der Waals surface area contributed by atoms with E-state index in [0.717, 1.165) is 23.3 Å². The average Bonchev–Trinajstić information content (AvgIpc) is 2.50. The van der Waals surface area contributed by atoms with Crippen molar-refractivity contribution in [2.24, 2.45) is 0 Å². The fourth-order valence-electron chi connectivity index (χ4n) is 2.24. The quantitative estimate of drug-likeness (QED) is 0.808. The minimum atomic E-state index is -4.59. The van der Waals surface area contributed by atoms with Gasteiger partial charge in [0.05, 0.1) is 11.3 Å². The SMILES string of the molecule is Cc1ccc(C)c(NC(=O)CC(=O)Nc2ccccc2C(F)(F)F)c1. The third-order valence-corrected chi connectivity index (χ3v) is 3.49. The van der Waals surface area contributed by atoms with Crippen molar-refractivity contribution in [3.05, 3.63) is 59.2 Å². The molecule has 0 aliphatic rings. The molecule has 0 spiro atoms. The van der Waals surface area contributed by atoms with E-state index in [1.807, 2.05) is 19.1 Å². The third kappa shape index (κ3) is 5.07. The van der Waals surface area contributed by atoms with Crippen molar-refractivity contribution in [1.82, 2.24) is 0 Å². The van der Waals surface area contributed by atoms with Crippen molar-refractivity contribution in [2.45, 2.75) is 26.4 Å². The van der Waals surface area contributed by atoms with Crippen LogP contribution in [0.3, 0.4) is 0 Å². The zero-order valence-electron chi connectivity index (χ0n) is 13.7. The predicted molar refractivity (Wildman–Crippen MR) is 89.2 cm³/mol. The van der Waals surface area contributed by atoms with Crippen LogP contribution in [-0.2, 0) is 15.8 Å². The molecular formula is C18H17F3N2O2. The number of anilines is 2. The number of carbonyl (C=O) groups is 2. The van der Waals surface area contributed by atoms with E-state index in [1.165, 1.54) is 12.1 Å². The van der Waals surface area contributed by atoms with Crippen molar-refractivity contribution in [3.63, 3.8) is 0 Å². The number of para-hydroxylation sites is 1. The van der Waals surface area contributed by atoms with Gasteiger partial charge in [-0.05, 0) is 43.2 Å². The summed E-state index contributed by atoms with van der Waals surface area (Å²) in [5.41, 5.74) is 0.984. The molecule has 2 amide bonds. The summed E-state index contributed by atoms with van der Waals surface area (Å²) in [7, 11) is 0. The fourth-order valence-corrected chi connectivity index (χ4v) is 2.24. The number of halogens is 3. The Balaban J connectivity index is 2.03. The van der Waals surface area contributed by atoms with E-state index in [2.05, 4.69) is 10.6 Å². The first-order valence-corrected chi connectivity index (χ1v) is 7.50. The topological polar surface area (TPSA) is 58.2 Å². The van der Waals surface area contributed by atoms with Crippen LogP contribution in [0.2, 0.25) is 0 Å². The van der Waals surface area contributed by atoms with Gasteiger partial charge in [0.2, 0.25) is 11.8 Å². The highest BCUT2D eigenvalue weighted by atomic mass is 19.4. The standard InChI is InChI=1S/C18H17F3N2O2/c1-11-7-8-12(2)15(9-11)23-17(25)10-16(24)22-14-6-4-3-5-13(14)18(19,20)21/h3-9H,10H2,1-2H3,(H,22,24)(H,23,25). The van der Waals surface area contributed by atoms with Crippen molar-refractivity contribution in [2.75, 3.05) is 10.6 Å². The van der Waals surface area contributed by atoms with E-state index in [1.54, 1.807) is 13.0 Å². The average molecular weight is 350 g/mol. The molecule has 0 aromatic heterocycles. The molecule has 25 heavy (non-hydrogen) atoms. The molecule has 0 saturated heterocycles. The predicted octanol–water partition coefficient (Wildman–Crippen LogP) is 4.29. The normalized spacial score (nSPS) is 11.1. The van der Waals surface area contributed by atoms with Gasteiger partial charge in [-0.2, -0.15) is 13.2 Å². The lowest BCUT2D eigenvalue weighted by Crippen LogP contribution is -2.23. The number of hydrogen-bond donors (Lipinski definition) is 2. The van der Waals surface area contributed by atoms with Crippen molar-refractivity contribution in [1.29, 1.82) is 0 Å². The maximum atomic E-state index is 12.9. The van der Waals surface area contributed by atoms with Gasteiger partial charge in [0.15, 0.2) is 0 Å². The van der Waals surface area contributed by atoms with Gasteiger partial charge in [-0.3, -0.25) is 9.59 Å². The van der Waals surface area contributed by atoms with Crippen molar-refractivity contribution >= 4 is 23.2 Å². The molecule has 132 valence electrons. The summed E-state index contributed by atoms with van der Waals surface area (Å²) in [4.78, 5) is 23.9. The Morgan fingerprint density at radius 2 is 1.52 bits per heavy atom. The highest BCUT2D eigenvalue weighted by Gasteiger charge is 2.33. The molecule has 0 heterocycles. The Labute approximate surface area is 143 Å². The van der Waals surface area contributed by atoms with Gasteiger partial charge in [0.25, 0.3) is 0 Å². The first-order chi connectivity index (χ1) is 11.7. The highest BCUT2D eigenvalue weighted by Crippen LogP contribution is 2.34. The number of carbonyl (C=O) groups excluding carboxylic acids is 2. The van der Waals surface area contributed by atoms with Gasteiger partial charge in [0, 0.05) is 5.69 Å². The van der Waals surface area contributed by atoms with Crippen LogP contribution in [0.4, 0.5) is 24.5 Å². The maximum Gasteiger partial charge on any atom is 0.418 e. The van der Waals surface area contributed by atoms with E-state index in [-0.39, 0.29) is 5.69 Å². The van der Waals surface area contributed by atoms with Crippen LogP contribution in [0.25, 0.3) is 0 Å². The molecule has 0 unspecified atom stereocenters. The van der Waals surface area contributed by atoms with Gasteiger partial charge in [0.1, 0.15) is 6.42 Å². The number of nitrogens with one attached hydrogen (secondary N) is 2. The summed E-state index contributed by atoms with van der Waals surface area (Å²) in [6.07, 6.45) is -5.18. The summed E-state index contributed by atoms with van der Waals surface area (Å²) < 4.78 is 38.7. The number of benzene rings is 2. The second kappa shape index (κ2) is 7.38. The van der Waals surface area contributed by atoms with Gasteiger partial charge >= 0.3 is 6.18 Å². The Bertz CT molecular complexity index is 801. The van der Waals surface area contributed by atoms with Gasteiger partial charge < -0.3 is 10.6 Å². The van der Waals surface area contributed by atoms with E-state index >= 15 is 0 Å². The molecule has 0 saturated carbocycles. The van der Waals surface area contributed by atoms with Crippen LogP contribution in [0.15, 0.2) is 42.5 Å². The summed E-state index contributed by atoms with van der Waals surface area (Å²) in [6.45, 7) is 3.66. The van der Waals surface area contributed by atoms with Crippen LogP contribution in [0, 0.1) is 13.8 Å². The van der Waals surface area contributed by atoms with E-state index < -0.39 is 30.0 Å². The van der Waals surface area contributed by atoms with Crippen LogP contribution in [0.5, 0.6) is 0 Å². The number of aryl methyl sites for hydroxylation is 2. The van der Waals surface area contributed by atoms with Gasteiger partial charge in [-0.25, -0.2) is 0 Å². The Kier molecular flexibility index (Phi) is 5.46. The molecule has 2 rings (SSSR count). The van der Waals surface area contributed by atoms with Gasteiger partial charge in [-0.15, -0.1) is 0 Å². The molecule has 0 radical (unpaired) electrons. The molecule has 7 heteroatoms. The first kappa shape index (κ1) is 18.5. The Morgan fingerprint density at radius 1 is 0.920 bits per heavy atom. The second-order valence-electron chi connectivity index (χ2n) is 5.63. The van der Waals surface area contributed by atoms with Gasteiger partial charge in [-0.1, -0.05) is 24.3 Å². The maximum absolute atomic E-state index is 12.9. The van der Waals surface area contributed by atoms with Crippen molar-refractivity contribution in [3.8, 4) is 0 Å². The number of alkyl halides is 3. The molecule has 2 aromatic carbocycles. The minimum Gasteiger partial charge on any atom is -0.325 e. The zero-order chi connectivity index (χ0) is 18.6. The molecule has 2 N–H and O–H groups in total. The van der Waals surface area contributed by atoms with E-state index in [9.17, 15) is 22.8 Å². The fraction of sp³-hybridized carbons (Fsp3) is 0.222. The molecule has 0 aliphatic heterocycles. The molecule has 2 aromatic rings. The lowest BCUT2D eigenvalue weighted by molar-refractivity contribution is -0.137. The van der Waals surface area contributed by atoms with Crippen LogP contribution in [0.1, 0.15) is 23.1 Å². The molecule has 0 bridgehead atoms. The van der Waals surface area contributed by atoms with E-state index in [0.29, 0.717) is 5.69 Å². The minimum absolute atomic E-state index is 0.375. The smallest absolute Gasteiger partial charge is 0.325 e. The Hall–Kier alpha value is -2.83. The largest absolute Gasteiger partial charge is 0.418 e. The number of amides is 2. The molecule has 4 nitrogen and oxygen atoms in total. The lowest BCUT2D eigenvalue weighted by Gasteiger charge is -2.13. The summed E-state index contributed by atoms with van der Waals surface area (Å²) >= 11 is 0. The third-order valence-electron chi connectivity index (χ3n) is 3.49. The first-order valence-electron chi connectivity index (χ1n) is 7.50. The van der Waals surface area contributed by atoms with Crippen LogP contribution < -0.4 is 10.6 Å². The van der Waals surface area contributed by atoms with Crippen LogP contribution in [-0.4, -0.2) is 11.8 Å².